The number of hydrogen-bond acceptors (Lipinski definition) is 8. The van der Waals surface area contributed by atoms with Crippen molar-refractivity contribution in [1.29, 1.82) is 0 Å². The number of aromatic nitrogens is 6. The third-order valence-electron chi connectivity index (χ3n) is 3.75. The van der Waals surface area contributed by atoms with Crippen LogP contribution in [0.4, 0.5) is 19.2 Å². The molecule has 1 N–H and O–H groups in total. The zero-order valence-electron chi connectivity index (χ0n) is 14.9. The second kappa shape index (κ2) is 7.61. The number of rotatable bonds is 5. The molecule has 4 aromatic rings. The smallest absolute Gasteiger partial charge is 0.422 e. The highest BCUT2D eigenvalue weighted by Gasteiger charge is 2.31. The summed E-state index contributed by atoms with van der Waals surface area (Å²) in [7, 11) is 0. The fourth-order valence-electron chi connectivity index (χ4n) is 2.59. The van der Waals surface area contributed by atoms with Crippen LogP contribution in [0.1, 0.15) is 18.8 Å². The fourth-order valence-corrected chi connectivity index (χ4v) is 2.93. The minimum Gasteiger partial charge on any atom is -0.422 e. The quantitative estimate of drug-likeness (QED) is 0.462. The van der Waals surface area contributed by atoms with Gasteiger partial charge in [0, 0.05) is 12.1 Å². The van der Waals surface area contributed by atoms with Crippen molar-refractivity contribution >= 4 is 40.3 Å². The SMILES string of the molecule is C[C@H](Nc1nc2cc(OC(F)(F)F)cc(Cl)c2o1)c1ncnn1-c1ncc(Cl)cn1. The van der Waals surface area contributed by atoms with Crippen LogP contribution in [-0.2, 0) is 0 Å². The highest BCUT2D eigenvalue weighted by Crippen LogP contribution is 2.34. The molecule has 0 spiro atoms. The molecule has 1 atom stereocenters. The Morgan fingerprint density at radius 3 is 2.60 bits per heavy atom. The molecule has 0 fully saturated rings. The van der Waals surface area contributed by atoms with Crippen LogP contribution < -0.4 is 10.1 Å². The molecular weight excluding hydrogens is 450 g/mol. The maximum absolute atomic E-state index is 12.5. The van der Waals surface area contributed by atoms with Gasteiger partial charge in [-0.1, -0.05) is 23.2 Å². The van der Waals surface area contributed by atoms with Gasteiger partial charge in [0.25, 0.3) is 12.0 Å². The van der Waals surface area contributed by atoms with Gasteiger partial charge in [-0.25, -0.2) is 15.0 Å². The van der Waals surface area contributed by atoms with E-state index in [2.05, 4.69) is 35.1 Å². The van der Waals surface area contributed by atoms with Crippen LogP contribution in [0.3, 0.4) is 0 Å². The first-order chi connectivity index (χ1) is 14.2. The second-order valence-electron chi connectivity index (χ2n) is 5.92. The first-order valence-corrected chi connectivity index (χ1v) is 8.95. The average Bonchev–Trinajstić information content (AvgIpc) is 3.28. The first-order valence-electron chi connectivity index (χ1n) is 8.20. The lowest BCUT2D eigenvalue weighted by molar-refractivity contribution is -0.274. The van der Waals surface area contributed by atoms with E-state index >= 15 is 0 Å². The van der Waals surface area contributed by atoms with Gasteiger partial charge >= 0.3 is 6.36 Å². The molecule has 9 nitrogen and oxygen atoms in total. The monoisotopic (exact) mass is 459 g/mol. The number of anilines is 1. The first kappa shape index (κ1) is 20.2. The molecule has 0 radical (unpaired) electrons. The van der Waals surface area contributed by atoms with Crippen molar-refractivity contribution in [2.75, 3.05) is 5.32 Å². The molecule has 0 aliphatic rings. The van der Waals surface area contributed by atoms with Crippen molar-refractivity contribution in [3.63, 3.8) is 0 Å². The van der Waals surface area contributed by atoms with E-state index in [0.29, 0.717) is 10.8 Å². The summed E-state index contributed by atoms with van der Waals surface area (Å²) in [6.07, 6.45) is -0.715. The van der Waals surface area contributed by atoms with Gasteiger partial charge < -0.3 is 14.5 Å². The van der Waals surface area contributed by atoms with E-state index in [9.17, 15) is 13.2 Å². The molecule has 0 aliphatic carbocycles. The largest absolute Gasteiger partial charge is 0.573 e. The Balaban J connectivity index is 1.60. The van der Waals surface area contributed by atoms with E-state index < -0.39 is 18.2 Å². The van der Waals surface area contributed by atoms with Gasteiger partial charge in [0.05, 0.1) is 28.5 Å². The summed E-state index contributed by atoms with van der Waals surface area (Å²) in [5.74, 6) is 0.161. The van der Waals surface area contributed by atoms with Gasteiger partial charge in [-0.15, -0.1) is 13.2 Å². The van der Waals surface area contributed by atoms with Crippen molar-refractivity contribution < 1.29 is 22.3 Å². The normalized spacial score (nSPS) is 12.9. The van der Waals surface area contributed by atoms with Crippen LogP contribution in [0.2, 0.25) is 10.0 Å². The number of alkyl halides is 3. The van der Waals surface area contributed by atoms with Crippen LogP contribution in [0, 0.1) is 0 Å². The maximum atomic E-state index is 12.5. The number of fused-ring (bicyclic) bond motifs is 1. The molecule has 4 rings (SSSR count). The standard InChI is InChI=1S/C16H10Cl2F3N7O2/c1-7(13-24-6-25-28(13)14-22-4-8(17)5-23-14)26-15-27-11-3-9(30-16(19,20)21)2-10(18)12(11)29-15/h2-7H,1H3,(H,26,27)/t7-/m0/s1. The Morgan fingerprint density at radius 1 is 1.17 bits per heavy atom. The molecule has 0 unspecified atom stereocenters. The third kappa shape index (κ3) is 4.24. The number of oxazole rings is 1. The molecule has 0 saturated heterocycles. The van der Waals surface area contributed by atoms with Crippen molar-refractivity contribution in [3.05, 3.63) is 46.7 Å². The lowest BCUT2D eigenvalue weighted by atomic mass is 10.3. The van der Waals surface area contributed by atoms with E-state index in [-0.39, 0.29) is 28.1 Å². The summed E-state index contributed by atoms with van der Waals surface area (Å²) in [6, 6.07) is 1.57. The lowest BCUT2D eigenvalue weighted by Crippen LogP contribution is -2.17. The molecule has 156 valence electrons. The molecule has 0 saturated carbocycles. The Labute approximate surface area is 175 Å². The molecule has 14 heteroatoms. The Kier molecular flexibility index (Phi) is 5.12. The second-order valence-corrected chi connectivity index (χ2v) is 6.76. The van der Waals surface area contributed by atoms with Crippen LogP contribution in [0.25, 0.3) is 17.0 Å². The number of benzene rings is 1. The van der Waals surface area contributed by atoms with Gasteiger partial charge in [0.2, 0.25) is 0 Å². The highest BCUT2D eigenvalue weighted by molar-refractivity contribution is 6.34. The Bertz CT molecular complexity index is 1190. The fraction of sp³-hybridized carbons (Fsp3) is 0.188. The van der Waals surface area contributed by atoms with Gasteiger partial charge in [-0.05, 0) is 6.92 Å². The lowest BCUT2D eigenvalue weighted by Gasteiger charge is -2.12. The third-order valence-corrected chi connectivity index (χ3v) is 4.23. The minimum atomic E-state index is -4.86. The van der Waals surface area contributed by atoms with E-state index in [1.165, 1.54) is 23.4 Å². The van der Waals surface area contributed by atoms with Crippen LogP contribution in [0.15, 0.2) is 35.3 Å². The molecule has 1 aromatic carbocycles. The molecule has 0 amide bonds. The zero-order chi connectivity index (χ0) is 21.5. The Morgan fingerprint density at radius 2 is 1.90 bits per heavy atom. The predicted octanol–water partition coefficient (Wildman–Crippen LogP) is 4.58. The average molecular weight is 460 g/mol. The number of halogens is 5. The van der Waals surface area contributed by atoms with E-state index in [1.807, 2.05) is 0 Å². The molecule has 30 heavy (non-hydrogen) atoms. The van der Waals surface area contributed by atoms with E-state index in [0.717, 1.165) is 12.1 Å². The zero-order valence-corrected chi connectivity index (χ0v) is 16.4. The summed E-state index contributed by atoms with van der Waals surface area (Å²) in [4.78, 5) is 16.5. The Hall–Kier alpha value is -3.12. The summed E-state index contributed by atoms with van der Waals surface area (Å²) in [5, 5.41) is 7.31. The summed E-state index contributed by atoms with van der Waals surface area (Å²) in [6.45, 7) is 1.74. The van der Waals surface area contributed by atoms with Gasteiger partial charge in [0.1, 0.15) is 17.6 Å². The van der Waals surface area contributed by atoms with Gasteiger partial charge in [-0.2, -0.15) is 14.8 Å². The minimum absolute atomic E-state index is 0.00938. The van der Waals surface area contributed by atoms with Crippen LogP contribution in [0.5, 0.6) is 5.75 Å². The summed E-state index contributed by atoms with van der Waals surface area (Å²) >= 11 is 11.8. The molecule has 3 aromatic heterocycles. The number of nitrogens with zero attached hydrogens (tertiary/aromatic N) is 6. The van der Waals surface area contributed by atoms with Crippen molar-refractivity contribution in [1.82, 2.24) is 29.7 Å². The van der Waals surface area contributed by atoms with Gasteiger partial charge in [-0.3, -0.25) is 0 Å². The van der Waals surface area contributed by atoms with Crippen LogP contribution in [-0.4, -0.2) is 36.1 Å². The molecule has 3 heterocycles. The predicted molar refractivity (Wildman–Crippen MR) is 99.7 cm³/mol. The maximum Gasteiger partial charge on any atom is 0.573 e. The topological polar surface area (TPSA) is 104 Å². The van der Waals surface area contributed by atoms with Crippen molar-refractivity contribution in [2.45, 2.75) is 19.3 Å². The summed E-state index contributed by atoms with van der Waals surface area (Å²) < 4.78 is 48.1. The molecule has 0 aliphatic heterocycles. The van der Waals surface area contributed by atoms with Crippen molar-refractivity contribution in [2.24, 2.45) is 0 Å². The van der Waals surface area contributed by atoms with Crippen molar-refractivity contribution in [3.8, 4) is 11.7 Å². The number of nitrogens with one attached hydrogen (secondary N) is 1. The van der Waals surface area contributed by atoms with Crippen LogP contribution >= 0.6 is 23.2 Å². The summed E-state index contributed by atoms with van der Waals surface area (Å²) in [5.41, 5.74) is 0.183. The van der Waals surface area contributed by atoms with Gasteiger partial charge in [0.15, 0.2) is 11.4 Å². The number of ether oxygens (including phenoxy) is 1. The highest BCUT2D eigenvalue weighted by atomic mass is 35.5. The number of hydrogen-bond donors (Lipinski definition) is 1. The van der Waals surface area contributed by atoms with E-state index in [1.54, 1.807) is 6.92 Å². The molecular formula is C16H10Cl2F3N7O2. The van der Waals surface area contributed by atoms with E-state index in [4.69, 9.17) is 27.6 Å². The molecule has 0 bridgehead atoms.